The van der Waals surface area contributed by atoms with Crippen LogP contribution in [0.3, 0.4) is 0 Å². The molecule has 1 nitrogen and oxygen atoms in total. The molecule has 0 saturated heterocycles. The highest BCUT2D eigenvalue weighted by atomic mass is 35.5. The number of hydrogen-bond acceptors (Lipinski definition) is 1. The lowest BCUT2D eigenvalue weighted by Crippen LogP contribution is -2.13. The van der Waals surface area contributed by atoms with Gasteiger partial charge in [0.2, 0.25) is 0 Å². The van der Waals surface area contributed by atoms with Gasteiger partial charge >= 0.3 is 0 Å². The largest absolute Gasteiger partial charge is 0.320 e. The van der Waals surface area contributed by atoms with Gasteiger partial charge < -0.3 is 5.32 Å². The highest BCUT2D eigenvalue weighted by molar-refractivity contribution is 6.30. The molecule has 1 N–H and O–H groups in total. The van der Waals surface area contributed by atoms with Crippen molar-refractivity contribution in [3.8, 4) is 0 Å². The minimum atomic E-state index is 0.422. The molecule has 2 aromatic rings. The molecule has 0 aliphatic rings. The molecular formula is C17H20ClN. The Morgan fingerprint density at radius 2 is 1.47 bits per heavy atom. The lowest BCUT2D eigenvalue weighted by molar-refractivity contribution is 0.661. The first kappa shape index (κ1) is 14.1. The van der Waals surface area contributed by atoms with Gasteiger partial charge in [-0.3, -0.25) is 0 Å². The van der Waals surface area contributed by atoms with E-state index in [4.69, 9.17) is 11.6 Å². The van der Waals surface area contributed by atoms with E-state index in [1.807, 2.05) is 19.2 Å². The molecule has 2 rings (SSSR count). The van der Waals surface area contributed by atoms with Crippen molar-refractivity contribution in [1.82, 2.24) is 5.32 Å². The second kappa shape index (κ2) is 6.74. The Labute approximate surface area is 120 Å². The number of aryl methyl sites for hydroxylation is 1. The van der Waals surface area contributed by atoms with Gasteiger partial charge in [0.25, 0.3) is 0 Å². The Morgan fingerprint density at radius 1 is 0.947 bits per heavy atom. The van der Waals surface area contributed by atoms with Gasteiger partial charge in [-0.25, -0.2) is 0 Å². The fraction of sp³-hybridized carbons (Fsp3) is 0.294. The van der Waals surface area contributed by atoms with Crippen LogP contribution in [0.4, 0.5) is 0 Å². The van der Waals surface area contributed by atoms with Crippen LogP contribution in [0, 0.1) is 6.92 Å². The van der Waals surface area contributed by atoms with Crippen LogP contribution in [0.15, 0.2) is 48.5 Å². The number of nitrogens with one attached hydrogen (secondary N) is 1. The van der Waals surface area contributed by atoms with Gasteiger partial charge in [0.15, 0.2) is 0 Å². The molecule has 2 aromatic carbocycles. The van der Waals surface area contributed by atoms with Crippen LogP contribution in [0.5, 0.6) is 0 Å². The number of hydrogen-bond donors (Lipinski definition) is 1. The molecule has 0 bridgehead atoms. The molecule has 2 heteroatoms. The SMILES string of the molecule is CNCCC(c1ccc(C)cc1)c1ccc(Cl)cc1. The van der Waals surface area contributed by atoms with E-state index in [1.165, 1.54) is 16.7 Å². The van der Waals surface area contributed by atoms with Gasteiger partial charge in [-0.1, -0.05) is 53.6 Å². The molecule has 19 heavy (non-hydrogen) atoms. The summed E-state index contributed by atoms with van der Waals surface area (Å²) in [6.45, 7) is 3.12. The molecule has 0 radical (unpaired) electrons. The standard InChI is InChI=1S/C17H20ClN/c1-13-3-5-14(6-4-13)17(11-12-19-2)15-7-9-16(18)10-8-15/h3-10,17,19H,11-12H2,1-2H3. The molecule has 0 saturated carbocycles. The summed E-state index contributed by atoms with van der Waals surface area (Å²) in [6, 6.07) is 17.0. The summed E-state index contributed by atoms with van der Waals surface area (Å²) in [7, 11) is 1.99. The summed E-state index contributed by atoms with van der Waals surface area (Å²) in [5.74, 6) is 0.422. The van der Waals surface area contributed by atoms with E-state index in [-0.39, 0.29) is 0 Å². The van der Waals surface area contributed by atoms with Crippen molar-refractivity contribution >= 4 is 11.6 Å². The second-order valence-electron chi connectivity index (χ2n) is 4.91. The van der Waals surface area contributed by atoms with E-state index in [2.05, 4.69) is 48.6 Å². The summed E-state index contributed by atoms with van der Waals surface area (Å²) >= 11 is 5.98. The molecule has 0 fully saturated rings. The molecule has 100 valence electrons. The van der Waals surface area contributed by atoms with E-state index >= 15 is 0 Å². The third-order valence-corrected chi connectivity index (χ3v) is 3.69. The lowest BCUT2D eigenvalue weighted by Gasteiger charge is -2.18. The van der Waals surface area contributed by atoms with Crippen molar-refractivity contribution in [3.05, 3.63) is 70.2 Å². The summed E-state index contributed by atoms with van der Waals surface area (Å²) in [6.07, 6.45) is 1.08. The Hall–Kier alpha value is -1.31. The number of benzene rings is 2. The minimum absolute atomic E-state index is 0.422. The highest BCUT2D eigenvalue weighted by Crippen LogP contribution is 2.28. The average Bonchev–Trinajstić information content (AvgIpc) is 2.43. The first-order valence-electron chi connectivity index (χ1n) is 6.67. The third-order valence-electron chi connectivity index (χ3n) is 3.44. The van der Waals surface area contributed by atoms with Crippen molar-refractivity contribution in [2.24, 2.45) is 0 Å². The molecule has 0 heterocycles. The molecule has 0 aliphatic heterocycles. The zero-order valence-corrected chi connectivity index (χ0v) is 12.2. The summed E-state index contributed by atoms with van der Waals surface area (Å²) in [5.41, 5.74) is 3.99. The van der Waals surface area contributed by atoms with Crippen molar-refractivity contribution in [2.45, 2.75) is 19.3 Å². The average molecular weight is 274 g/mol. The second-order valence-corrected chi connectivity index (χ2v) is 5.34. The van der Waals surface area contributed by atoms with Gasteiger partial charge in [0.1, 0.15) is 0 Å². The van der Waals surface area contributed by atoms with Crippen LogP contribution in [-0.2, 0) is 0 Å². The summed E-state index contributed by atoms with van der Waals surface area (Å²) < 4.78 is 0. The van der Waals surface area contributed by atoms with Crippen molar-refractivity contribution in [3.63, 3.8) is 0 Å². The maximum Gasteiger partial charge on any atom is 0.0406 e. The van der Waals surface area contributed by atoms with Gasteiger partial charge in [0, 0.05) is 10.9 Å². The zero-order valence-electron chi connectivity index (χ0n) is 11.5. The summed E-state index contributed by atoms with van der Waals surface area (Å²) in [4.78, 5) is 0. The van der Waals surface area contributed by atoms with Crippen LogP contribution in [-0.4, -0.2) is 13.6 Å². The first-order valence-corrected chi connectivity index (χ1v) is 7.05. The molecule has 1 atom stereocenters. The van der Waals surface area contributed by atoms with Crippen molar-refractivity contribution in [1.29, 1.82) is 0 Å². The normalized spacial score (nSPS) is 12.4. The monoisotopic (exact) mass is 273 g/mol. The van der Waals surface area contributed by atoms with E-state index in [1.54, 1.807) is 0 Å². The predicted octanol–water partition coefficient (Wildman–Crippen LogP) is 4.39. The quantitative estimate of drug-likeness (QED) is 0.852. The van der Waals surface area contributed by atoms with Gasteiger partial charge in [-0.2, -0.15) is 0 Å². The van der Waals surface area contributed by atoms with Crippen LogP contribution in [0.2, 0.25) is 5.02 Å². The van der Waals surface area contributed by atoms with E-state index in [0.717, 1.165) is 18.0 Å². The highest BCUT2D eigenvalue weighted by Gasteiger charge is 2.13. The molecule has 1 unspecified atom stereocenters. The fourth-order valence-corrected chi connectivity index (χ4v) is 2.43. The third kappa shape index (κ3) is 3.82. The maximum atomic E-state index is 5.98. The van der Waals surface area contributed by atoms with Crippen LogP contribution >= 0.6 is 11.6 Å². The van der Waals surface area contributed by atoms with E-state index in [0.29, 0.717) is 5.92 Å². The van der Waals surface area contributed by atoms with E-state index < -0.39 is 0 Å². The molecule has 0 aliphatic carbocycles. The fourth-order valence-electron chi connectivity index (χ4n) is 2.31. The Morgan fingerprint density at radius 3 is 2.00 bits per heavy atom. The molecular weight excluding hydrogens is 254 g/mol. The number of rotatable bonds is 5. The topological polar surface area (TPSA) is 12.0 Å². The van der Waals surface area contributed by atoms with Gasteiger partial charge in [-0.05, 0) is 50.2 Å². The van der Waals surface area contributed by atoms with Gasteiger partial charge in [-0.15, -0.1) is 0 Å². The predicted molar refractivity (Wildman–Crippen MR) is 83.0 cm³/mol. The Kier molecular flexibility index (Phi) is 5.00. The van der Waals surface area contributed by atoms with Gasteiger partial charge in [0.05, 0.1) is 0 Å². The van der Waals surface area contributed by atoms with Crippen molar-refractivity contribution in [2.75, 3.05) is 13.6 Å². The van der Waals surface area contributed by atoms with Crippen LogP contribution in [0.25, 0.3) is 0 Å². The zero-order chi connectivity index (χ0) is 13.7. The Balaban J connectivity index is 2.29. The van der Waals surface area contributed by atoms with E-state index in [9.17, 15) is 0 Å². The summed E-state index contributed by atoms with van der Waals surface area (Å²) in [5, 5.41) is 4.03. The lowest BCUT2D eigenvalue weighted by atomic mass is 9.88. The first-order chi connectivity index (χ1) is 9.20. The molecule has 0 spiro atoms. The van der Waals surface area contributed by atoms with Crippen LogP contribution < -0.4 is 5.32 Å². The Bertz CT molecular complexity index is 456. The minimum Gasteiger partial charge on any atom is -0.320 e. The molecule has 0 amide bonds. The maximum absolute atomic E-state index is 5.98. The van der Waals surface area contributed by atoms with Crippen LogP contribution in [0.1, 0.15) is 29.0 Å². The van der Waals surface area contributed by atoms with Crippen molar-refractivity contribution < 1.29 is 0 Å². The number of halogens is 1. The molecule has 0 aromatic heterocycles. The smallest absolute Gasteiger partial charge is 0.0406 e.